The number of nitro groups is 1. The molecule has 3 aromatic rings. The molecule has 1 aromatic heterocycles. The Labute approximate surface area is 135 Å². The quantitative estimate of drug-likeness (QED) is 0.571. The lowest BCUT2D eigenvalue weighted by Crippen LogP contribution is -2.08. The maximum atomic E-state index is 12.8. The van der Waals surface area contributed by atoms with Crippen LogP contribution in [-0.4, -0.2) is 10.0 Å². The predicted molar refractivity (Wildman–Crippen MR) is 85.7 cm³/mol. The van der Waals surface area contributed by atoms with Gasteiger partial charge in [-0.15, -0.1) is 0 Å². The molecule has 0 fully saturated rings. The topological polar surface area (TPSA) is 117 Å². The molecule has 0 saturated heterocycles. The summed E-state index contributed by atoms with van der Waals surface area (Å²) >= 11 is 0. The predicted octanol–water partition coefficient (Wildman–Crippen LogP) is 3.25. The molecule has 0 atom stereocenters. The fraction of sp³-hybridized carbons (Fsp3) is 0.0588. The van der Waals surface area contributed by atoms with E-state index in [4.69, 9.17) is 9.68 Å². The Hall–Kier alpha value is -3.66. The van der Waals surface area contributed by atoms with E-state index in [9.17, 15) is 20.0 Å². The van der Waals surface area contributed by atoms with Crippen LogP contribution in [0.3, 0.4) is 0 Å². The Morgan fingerprint density at radius 1 is 1.29 bits per heavy atom. The molecule has 7 heteroatoms. The first kappa shape index (κ1) is 15.2. The van der Waals surface area contributed by atoms with Crippen LogP contribution in [0.1, 0.15) is 11.1 Å². The number of nitro benzene ring substituents is 1. The van der Waals surface area contributed by atoms with Gasteiger partial charge in [-0.1, -0.05) is 6.07 Å². The highest BCUT2D eigenvalue weighted by Crippen LogP contribution is 2.30. The molecule has 0 saturated carbocycles. The SMILES string of the molecule is Cc1ccc2occ(-c3ccc(O)c(C#N)c3)c(=O)c2c1[N+](=O)[O-]. The number of benzene rings is 2. The molecular weight excluding hydrogens is 312 g/mol. The number of hydrogen-bond donors (Lipinski definition) is 1. The largest absolute Gasteiger partial charge is 0.507 e. The lowest BCUT2D eigenvalue weighted by Gasteiger charge is -2.06. The summed E-state index contributed by atoms with van der Waals surface area (Å²) in [6.07, 6.45) is 1.19. The van der Waals surface area contributed by atoms with Gasteiger partial charge in [-0.25, -0.2) is 0 Å². The summed E-state index contributed by atoms with van der Waals surface area (Å²) < 4.78 is 5.38. The number of aromatic hydroxyl groups is 1. The zero-order chi connectivity index (χ0) is 17.4. The smallest absolute Gasteiger partial charge is 0.287 e. The number of phenols is 1. The Morgan fingerprint density at radius 2 is 2.04 bits per heavy atom. The first-order valence-electron chi connectivity index (χ1n) is 6.87. The van der Waals surface area contributed by atoms with E-state index in [0.29, 0.717) is 11.1 Å². The molecule has 0 aliphatic heterocycles. The molecule has 0 aliphatic carbocycles. The minimum Gasteiger partial charge on any atom is -0.507 e. The van der Waals surface area contributed by atoms with E-state index >= 15 is 0 Å². The summed E-state index contributed by atoms with van der Waals surface area (Å²) in [7, 11) is 0. The Bertz CT molecular complexity index is 1090. The fourth-order valence-electron chi connectivity index (χ4n) is 2.53. The Morgan fingerprint density at radius 3 is 2.71 bits per heavy atom. The molecule has 0 aliphatic rings. The van der Waals surface area contributed by atoms with E-state index < -0.39 is 10.4 Å². The van der Waals surface area contributed by atoms with Crippen molar-refractivity contribution >= 4 is 16.7 Å². The van der Waals surface area contributed by atoms with Crippen LogP contribution >= 0.6 is 0 Å². The number of nitrogens with zero attached hydrogens (tertiary/aromatic N) is 2. The molecule has 24 heavy (non-hydrogen) atoms. The van der Waals surface area contributed by atoms with Gasteiger partial charge in [0.05, 0.1) is 16.1 Å². The summed E-state index contributed by atoms with van der Waals surface area (Å²) in [5, 5.41) is 29.8. The van der Waals surface area contributed by atoms with Crippen LogP contribution in [0.4, 0.5) is 5.69 Å². The van der Waals surface area contributed by atoms with Gasteiger partial charge in [-0.05, 0) is 36.8 Å². The second kappa shape index (κ2) is 5.52. The van der Waals surface area contributed by atoms with Crippen LogP contribution in [0.15, 0.2) is 45.8 Å². The van der Waals surface area contributed by atoms with Gasteiger partial charge in [0.1, 0.15) is 29.1 Å². The summed E-state index contributed by atoms with van der Waals surface area (Å²) in [6, 6.07) is 8.87. The highest BCUT2D eigenvalue weighted by Gasteiger charge is 2.22. The molecule has 0 unspecified atom stereocenters. The molecule has 1 N–H and O–H groups in total. The van der Waals surface area contributed by atoms with Crippen molar-refractivity contribution in [2.24, 2.45) is 0 Å². The third-order valence-corrected chi connectivity index (χ3v) is 3.73. The minimum absolute atomic E-state index is 0.00858. The number of rotatable bonds is 2. The molecule has 7 nitrogen and oxygen atoms in total. The van der Waals surface area contributed by atoms with Crippen molar-refractivity contribution in [3.05, 3.63) is 68.1 Å². The zero-order valence-corrected chi connectivity index (χ0v) is 12.4. The lowest BCUT2D eigenvalue weighted by atomic mass is 10.0. The monoisotopic (exact) mass is 322 g/mol. The van der Waals surface area contributed by atoms with E-state index in [0.717, 1.165) is 0 Å². The second-order valence-corrected chi connectivity index (χ2v) is 5.18. The summed E-state index contributed by atoms with van der Waals surface area (Å²) in [5.74, 6) is -0.215. The standard InChI is InChI=1S/C17H10N2O5/c1-9-2-5-14-15(16(9)19(22)23)17(21)12(8-24-14)10-3-4-13(20)11(6-10)7-18/h2-6,8,20H,1H3. The minimum atomic E-state index is -0.615. The molecule has 1 heterocycles. The molecule has 0 spiro atoms. The number of hydrogen-bond acceptors (Lipinski definition) is 6. The van der Waals surface area contributed by atoms with E-state index in [1.807, 2.05) is 6.07 Å². The first-order valence-corrected chi connectivity index (χ1v) is 6.87. The normalized spacial score (nSPS) is 10.5. The highest BCUT2D eigenvalue weighted by molar-refractivity contribution is 5.91. The summed E-state index contributed by atoms with van der Waals surface area (Å²) in [4.78, 5) is 23.5. The van der Waals surface area contributed by atoms with Crippen molar-refractivity contribution in [2.75, 3.05) is 0 Å². The van der Waals surface area contributed by atoms with Crippen LogP contribution in [0.25, 0.3) is 22.1 Å². The van der Waals surface area contributed by atoms with E-state index in [1.54, 1.807) is 0 Å². The molecule has 118 valence electrons. The van der Waals surface area contributed by atoms with Gasteiger partial charge < -0.3 is 9.52 Å². The molecule has 0 bridgehead atoms. The molecular formula is C17H10N2O5. The van der Waals surface area contributed by atoms with Crippen LogP contribution in [0.2, 0.25) is 0 Å². The van der Waals surface area contributed by atoms with E-state index in [1.165, 1.54) is 43.5 Å². The average molecular weight is 322 g/mol. The van der Waals surface area contributed by atoms with E-state index in [-0.39, 0.29) is 33.5 Å². The van der Waals surface area contributed by atoms with E-state index in [2.05, 4.69) is 0 Å². The molecule has 0 radical (unpaired) electrons. The first-order chi connectivity index (χ1) is 11.4. The third-order valence-electron chi connectivity index (χ3n) is 3.73. The van der Waals surface area contributed by atoms with Gasteiger partial charge in [0.2, 0.25) is 5.43 Å². The van der Waals surface area contributed by atoms with Crippen molar-refractivity contribution in [1.29, 1.82) is 5.26 Å². The van der Waals surface area contributed by atoms with Crippen molar-refractivity contribution in [2.45, 2.75) is 6.92 Å². The summed E-state index contributed by atoms with van der Waals surface area (Å²) in [5.41, 5.74) is -0.0152. The van der Waals surface area contributed by atoms with Crippen molar-refractivity contribution < 1.29 is 14.4 Å². The molecule has 3 rings (SSSR count). The van der Waals surface area contributed by atoms with Gasteiger partial charge in [0.15, 0.2) is 0 Å². The van der Waals surface area contributed by atoms with Crippen LogP contribution in [0, 0.1) is 28.4 Å². The van der Waals surface area contributed by atoms with Crippen LogP contribution in [0.5, 0.6) is 5.75 Å². The molecule has 0 amide bonds. The zero-order valence-electron chi connectivity index (χ0n) is 12.4. The average Bonchev–Trinajstić information content (AvgIpc) is 2.56. The van der Waals surface area contributed by atoms with Crippen molar-refractivity contribution in [1.82, 2.24) is 0 Å². The third kappa shape index (κ3) is 2.27. The van der Waals surface area contributed by atoms with Gasteiger partial charge >= 0.3 is 0 Å². The van der Waals surface area contributed by atoms with Gasteiger partial charge in [0.25, 0.3) is 5.69 Å². The number of nitriles is 1. The second-order valence-electron chi connectivity index (χ2n) is 5.18. The highest BCUT2D eigenvalue weighted by atomic mass is 16.6. The maximum absolute atomic E-state index is 12.8. The number of phenolic OH excluding ortho intramolecular Hbond substituents is 1. The number of fused-ring (bicyclic) bond motifs is 1. The van der Waals surface area contributed by atoms with Gasteiger partial charge in [-0.2, -0.15) is 5.26 Å². The Balaban J connectivity index is 2.38. The van der Waals surface area contributed by atoms with Crippen molar-refractivity contribution in [3.8, 4) is 22.9 Å². The number of aryl methyl sites for hydroxylation is 1. The van der Waals surface area contributed by atoms with Crippen LogP contribution in [-0.2, 0) is 0 Å². The van der Waals surface area contributed by atoms with Gasteiger partial charge in [0, 0.05) is 5.56 Å². The Kier molecular flexibility index (Phi) is 3.50. The molecule has 2 aromatic carbocycles. The summed E-state index contributed by atoms with van der Waals surface area (Å²) in [6.45, 7) is 1.54. The van der Waals surface area contributed by atoms with Crippen molar-refractivity contribution in [3.63, 3.8) is 0 Å². The van der Waals surface area contributed by atoms with Crippen LogP contribution < -0.4 is 5.43 Å². The lowest BCUT2D eigenvalue weighted by molar-refractivity contribution is -0.383. The fourth-order valence-corrected chi connectivity index (χ4v) is 2.53. The maximum Gasteiger partial charge on any atom is 0.287 e. The van der Waals surface area contributed by atoms with Gasteiger partial charge in [-0.3, -0.25) is 14.9 Å².